The first-order valence-electron chi connectivity index (χ1n) is 7.18. The first-order chi connectivity index (χ1) is 8.74. The Morgan fingerprint density at radius 2 is 1.72 bits per heavy atom. The fourth-order valence-electron chi connectivity index (χ4n) is 1.91. The highest BCUT2D eigenvalue weighted by Gasteiger charge is 2.10. The summed E-state index contributed by atoms with van der Waals surface area (Å²) in [4.78, 5) is 11.0. The number of esters is 1. The van der Waals surface area contributed by atoms with Crippen LogP contribution in [-0.4, -0.2) is 23.8 Å². The van der Waals surface area contributed by atoms with Gasteiger partial charge >= 0.3 is 5.97 Å². The number of carbonyl (C=O) groups is 1. The lowest BCUT2D eigenvalue weighted by Gasteiger charge is -2.13. The fraction of sp³-hybridized carbons (Fsp3) is 0.800. The minimum atomic E-state index is -0.450. The van der Waals surface area contributed by atoms with Crippen LogP contribution in [0, 0.1) is 0 Å². The Morgan fingerprint density at radius 3 is 2.22 bits per heavy atom. The number of aliphatic hydroxyl groups excluding tert-OH is 1. The van der Waals surface area contributed by atoms with Crippen LogP contribution in [0.4, 0.5) is 0 Å². The molecule has 0 amide bonds. The van der Waals surface area contributed by atoms with Crippen molar-refractivity contribution < 1.29 is 14.6 Å². The molecule has 106 valence electrons. The summed E-state index contributed by atoms with van der Waals surface area (Å²) in [6, 6.07) is 0. The average molecular weight is 256 g/mol. The fourth-order valence-corrected chi connectivity index (χ4v) is 1.91. The van der Waals surface area contributed by atoms with Gasteiger partial charge in [0.15, 0.2) is 0 Å². The lowest BCUT2D eigenvalue weighted by Crippen LogP contribution is -2.20. The number of unbranched alkanes of at least 4 members (excludes halogenated alkanes) is 7. The molecule has 0 aliphatic heterocycles. The van der Waals surface area contributed by atoms with E-state index in [2.05, 4.69) is 13.5 Å². The van der Waals surface area contributed by atoms with Crippen molar-refractivity contribution in [3.05, 3.63) is 12.7 Å². The molecule has 0 spiro atoms. The Balaban J connectivity index is 3.39. The van der Waals surface area contributed by atoms with Crippen LogP contribution in [-0.2, 0) is 9.53 Å². The monoisotopic (exact) mass is 256 g/mol. The molecule has 0 heterocycles. The molecule has 3 nitrogen and oxygen atoms in total. The van der Waals surface area contributed by atoms with Crippen molar-refractivity contribution in [2.24, 2.45) is 0 Å². The SMILES string of the molecule is C=CC(=O)OC(CO)CCCCCCCCCC. The van der Waals surface area contributed by atoms with Gasteiger partial charge in [-0.25, -0.2) is 4.79 Å². The van der Waals surface area contributed by atoms with Gasteiger partial charge in [0.25, 0.3) is 0 Å². The van der Waals surface area contributed by atoms with Crippen molar-refractivity contribution in [3.8, 4) is 0 Å². The van der Waals surface area contributed by atoms with E-state index in [0.717, 1.165) is 25.3 Å². The maximum Gasteiger partial charge on any atom is 0.330 e. The molecule has 0 fully saturated rings. The van der Waals surface area contributed by atoms with Crippen molar-refractivity contribution >= 4 is 5.97 Å². The molecule has 0 aliphatic rings. The third kappa shape index (κ3) is 10.3. The van der Waals surface area contributed by atoms with Crippen LogP contribution >= 0.6 is 0 Å². The van der Waals surface area contributed by atoms with Crippen LogP contribution in [0.2, 0.25) is 0 Å². The van der Waals surface area contributed by atoms with Gasteiger partial charge in [-0.05, 0) is 12.8 Å². The maximum absolute atomic E-state index is 11.0. The highest BCUT2D eigenvalue weighted by atomic mass is 16.5. The summed E-state index contributed by atoms with van der Waals surface area (Å²) in [5, 5.41) is 9.06. The van der Waals surface area contributed by atoms with Crippen molar-refractivity contribution in [2.75, 3.05) is 6.61 Å². The zero-order chi connectivity index (χ0) is 13.6. The molecule has 0 saturated carbocycles. The van der Waals surface area contributed by atoms with Gasteiger partial charge in [-0.2, -0.15) is 0 Å². The van der Waals surface area contributed by atoms with Gasteiger partial charge in [0.05, 0.1) is 6.61 Å². The van der Waals surface area contributed by atoms with E-state index in [1.165, 1.54) is 38.5 Å². The van der Waals surface area contributed by atoms with E-state index in [4.69, 9.17) is 9.84 Å². The van der Waals surface area contributed by atoms with Crippen molar-refractivity contribution in [3.63, 3.8) is 0 Å². The Labute approximate surface area is 111 Å². The number of ether oxygens (including phenoxy) is 1. The standard InChI is InChI=1S/C15H28O3/c1-3-5-6-7-8-9-10-11-12-14(13-16)18-15(17)4-2/h4,14,16H,2-3,5-13H2,1H3. The molecule has 0 radical (unpaired) electrons. The first kappa shape index (κ1) is 17.2. The first-order valence-corrected chi connectivity index (χ1v) is 7.18. The summed E-state index contributed by atoms with van der Waals surface area (Å²) in [7, 11) is 0. The molecule has 1 atom stereocenters. The summed E-state index contributed by atoms with van der Waals surface area (Å²) in [5.41, 5.74) is 0. The number of aliphatic hydroxyl groups is 1. The highest BCUT2D eigenvalue weighted by molar-refractivity contribution is 5.81. The largest absolute Gasteiger partial charge is 0.457 e. The minimum Gasteiger partial charge on any atom is -0.457 e. The van der Waals surface area contributed by atoms with E-state index >= 15 is 0 Å². The minimum absolute atomic E-state index is 0.101. The Hall–Kier alpha value is -0.830. The summed E-state index contributed by atoms with van der Waals surface area (Å²) < 4.78 is 5.00. The van der Waals surface area contributed by atoms with E-state index in [9.17, 15) is 4.79 Å². The normalized spacial score (nSPS) is 12.1. The third-order valence-electron chi connectivity index (χ3n) is 3.03. The molecule has 1 unspecified atom stereocenters. The number of hydrogen-bond acceptors (Lipinski definition) is 3. The lowest BCUT2D eigenvalue weighted by molar-refractivity contribution is -0.145. The Bertz CT molecular complexity index is 214. The predicted molar refractivity (Wildman–Crippen MR) is 74.4 cm³/mol. The average Bonchev–Trinajstić information content (AvgIpc) is 2.40. The van der Waals surface area contributed by atoms with Gasteiger partial charge in [0.2, 0.25) is 0 Å². The number of rotatable bonds is 12. The third-order valence-corrected chi connectivity index (χ3v) is 3.03. The van der Waals surface area contributed by atoms with E-state index < -0.39 is 5.97 Å². The zero-order valence-electron chi connectivity index (χ0n) is 11.7. The van der Waals surface area contributed by atoms with Crippen molar-refractivity contribution in [1.82, 2.24) is 0 Å². The van der Waals surface area contributed by atoms with E-state index in [0.29, 0.717) is 0 Å². The van der Waals surface area contributed by atoms with Crippen LogP contribution in [0.5, 0.6) is 0 Å². The summed E-state index contributed by atoms with van der Waals surface area (Å²) in [6.07, 6.45) is 11.5. The quantitative estimate of drug-likeness (QED) is 0.329. The van der Waals surface area contributed by atoms with Gasteiger partial charge in [-0.15, -0.1) is 0 Å². The van der Waals surface area contributed by atoms with Gasteiger partial charge in [-0.3, -0.25) is 0 Å². The number of hydrogen-bond donors (Lipinski definition) is 1. The molecule has 0 bridgehead atoms. The second-order valence-electron chi connectivity index (χ2n) is 4.71. The van der Waals surface area contributed by atoms with Gasteiger partial charge in [0, 0.05) is 6.08 Å². The van der Waals surface area contributed by atoms with Crippen molar-refractivity contribution in [2.45, 2.75) is 70.8 Å². The summed E-state index contributed by atoms with van der Waals surface area (Å²) >= 11 is 0. The van der Waals surface area contributed by atoms with Crippen LogP contribution in [0.1, 0.15) is 64.7 Å². The zero-order valence-corrected chi connectivity index (χ0v) is 11.7. The Morgan fingerprint density at radius 1 is 1.17 bits per heavy atom. The number of carbonyl (C=O) groups excluding carboxylic acids is 1. The molecule has 1 N–H and O–H groups in total. The smallest absolute Gasteiger partial charge is 0.330 e. The second kappa shape index (κ2) is 12.6. The molecule has 3 heteroatoms. The lowest BCUT2D eigenvalue weighted by atomic mass is 10.1. The molecule has 0 saturated heterocycles. The van der Waals surface area contributed by atoms with Gasteiger partial charge in [-0.1, -0.05) is 58.4 Å². The molecule has 0 aromatic carbocycles. The van der Waals surface area contributed by atoms with Gasteiger partial charge in [0.1, 0.15) is 6.10 Å². The molecule has 0 aromatic rings. The molecule has 18 heavy (non-hydrogen) atoms. The maximum atomic E-state index is 11.0. The van der Waals surface area contributed by atoms with Crippen LogP contribution < -0.4 is 0 Å². The molecule has 0 rings (SSSR count). The van der Waals surface area contributed by atoms with Gasteiger partial charge < -0.3 is 9.84 Å². The second-order valence-corrected chi connectivity index (χ2v) is 4.71. The van der Waals surface area contributed by atoms with E-state index in [1.807, 2.05) is 0 Å². The van der Waals surface area contributed by atoms with E-state index in [1.54, 1.807) is 0 Å². The molecular formula is C15H28O3. The van der Waals surface area contributed by atoms with E-state index in [-0.39, 0.29) is 12.7 Å². The molecule has 0 aliphatic carbocycles. The van der Waals surface area contributed by atoms with Crippen LogP contribution in [0.15, 0.2) is 12.7 Å². The summed E-state index contributed by atoms with van der Waals surface area (Å²) in [6.45, 7) is 5.46. The molecule has 0 aromatic heterocycles. The summed E-state index contributed by atoms with van der Waals surface area (Å²) in [5.74, 6) is -0.450. The van der Waals surface area contributed by atoms with Crippen molar-refractivity contribution in [1.29, 1.82) is 0 Å². The molecular weight excluding hydrogens is 228 g/mol. The predicted octanol–water partition coefficient (Wildman–Crippen LogP) is 3.61. The van der Waals surface area contributed by atoms with Crippen LogP contribution in [0.25, 0.3) is 0 Å². The van der Waals surface area contributed by atoms with Crippen LogP contribution in [0.3, 0.4) is 0 Å². The topological polar surface area (TPSA) is 46.5 Å². The highest BCUT2D eigenvalue weighted by Crippen LogP contribution is 2.11. The Kier molecular flexibility index (Phi) is 12.0.